The molecular weight excluding hydrogens is 466 g/mol. The number of nitrogens with zero attached hydrogens (tertiary/aromatic N) is 5. The van der Waals surface area contributed by atoms with Crippen LogP contribution in [0.4, 0.5) is 17.2 Å². The second kappa shape index (κ2) is 8.77. The lowest BCUT2D eigenvalue weighted by Crippen LogP contribution is -2.17. The molecule has 1 aliphatic heterocycles. The van der Waals surface area contributed by atoms with Gasteiger partial charge in [-0.3, -0.25) is 0 Å². The maximum Gasteiger partial charge on any atom is 0.289 e. The molecule has 2 N–H and O–H groups in total. The van der Waals surface area contributed by atoms with E-state index < -0.39 is 0 Å². The van der Waals surface area contributed by atoms with Gasteiger partial charge in [0.25, 0.3) is 6.02 Å². The minimum atomic E-state index is -0.228. The first-order valence-electron chi connectivity index (χ1n) is 12.1. The molecule has 0 spiro atoms. The molecule has 5 aromatic rings. The van der Waals surface area contributed by atoms with Crippen LogP contribution in [0.5, 0.6) is 11.5 Å². The fourth-order valence-corrected chi connectivity index (χ4v) is 4.26. The smallest absolute Gasteiger partial charge is 0.289 e. The Morgan fingerprint density at radius 1 is 0.973 bits per heavy atom. The van der Waals surface area contributed by atoms with E-state index in [4.69, 9.17) is 9.47 Å². The average Bonchev–Trinajstić information content (AvgIpc) is 3.40. The van der Waals surface area contributed by atoms with Crippen molar-refractivity contribution >= 4 is 39.8 Å². The van der Waals surface area contributed by atoms with Crippen molar-refractivity contribution in [3.63, 3.8) is 0 Å². The van der Waals surface area contributed by atoms with Crippen LogP contribution in [0.25, 0.3) is 16.6 Å². The van der Waals surface area contributed by atoms with Crippen LogP contribution in [-0.4, -0.2) is 37.5 Å². The van der Waals surface area contributed by atoms with E-state index in [1.54, 1.807) is 6.33 Å². The van der Waals surface area contributed by atoms with E-state index in [1.807, 2.05) is 93.0 Å². The number of amidine groups is 1. The highest BCUT2D eigenvalue weighted by molar-refractivity contribution is 5.97. The average molecular weight is 494 g/mol. The van der Waals surface area contributed by atoms with E-state index >= 15 is 0 Å². The van der Waals surface area contributed by atoms with Crippen LogP contribution in [0.2, 0.25) is 0 Å². The molecule has 0 bridgehead atoms. The first kappa shape index (κ1) is 22.8. The Labute approximate surface area is 214 Å². The molecule has 0 amide bonds. The second-order valence-corrected chi connectivity index (χ2v) is 9.81. The fraction of sp³-hybridized carbons (Fsp3) is 0.214. The lowest BCUT2D eigenvalue weighted by atomic mass is 10.1. The minimum absolute atomic E-state index is 0.228. The van der Waals surface area contributed by atoms with E-state index in [9.17, 15) is 0 Å². The number of benzene rings is 2. The van der Waals surface area contributed by atoms with E-state index in [0.717, 1.165) is 50.7 Å². The lowest BCUT2D eigenvalue weighted by molar-refractivity contribution is 0.278. The number of hydrogen-bond acceptors (Lipinski definition) is 8. The Hall–Kier alpha value is -4.66. The number of fused-ring (bicyclic) bond motifs is 2. The zero-order valence-electron chi connectivity index (χ0n) is 21.1. The summed E-state index contributed by atoms with van der Waals surface area (Å²) in [4.78, 5) is 18.0. The zero-order valence-corrected chi connectivity index (χ0v) is 21.1. The van der Waals surface area contributed by atoms with Crippen LogP contribution >= 0.6 is 0 Å². The first-order valence-corrected chi connectivity index (χ1v) is 12.1. The van der Waals surface area contributed by atoms with Gasteiger partial charge in [0.15, 0.2) is 0 Å². The number of imidazole rings is 1. The molecule has 4 heterocycles. The summed E-state index contributed by atoms with van der Waals surface area (Å²) in [7, 11) is 0. The summed E-state index contributed by atoms with van der Waals surface area (Å²) in [6, 6.07) is 16.2. The number of anilines is 3. The molecule has 0 radical (unpaired) electrons. The van der Waals surface area contributed by atoms with Crippen molar-refractivity contribution in [1.82, 2.24) is 19.4 Å². The maximum absolute atomic E-state index is 6.16. The summed E-state index contributed by atoms with van der Waals surface area (Å²) in [5.41, 5.74) is 5.16. The van der Waals surface area contributed by atoms with Gasteiger partial charge in [-0.1, -0.05) is 0 Å². The van der Waals surface area contributed by atoms with Crippen LogP contribution in [0.1, 0.15) is 25.1 Å². The number of ether oxygens (including phenoxy) is 2. The fourth-order valence-electron chi connectivity index (χ4n) is 4.26. The Morgan fingerprint density at radius 2 is 1.81 bits per heavy atom. The maximum atomic E-state index is 6.16. The van der Waals surface area contributed by atoms with E-state index in [1.165, 1.54) is 0 Å². The summed E-state index contributed by atoms with van der Waals surface area (Å²) >= 11 is 0. The standard InChI is InChI=1S/C28H27N7O2/c1-17-11-19(6-8-24(17)37-21-9-10-35-14-18(2)31-25(35)13-21)32-26-22-12-20(5-7-23(22)29-16-30-26)33-27-34-28(3,4)15-36-27/h5-14,16H,15H2,1-4H3,(H,33,34)(H,29,30,32). The summed E-state index contributed by atoms with van der Waals surface area (Å²) < 4.78 is 13.8. The van der Waals surface area contributed by atoms with Crippen molar-refractivity contribution in [3.05, 3.63) is 78.5 Å². The van der Waals surface area contributed by atoms with Crippen molar-refractivity contribution in [3.8, 4) is 11.5 Å². The number of pyridine rings is 1. The highest BCUT2D eigenvalue weighted by Gasteiger charge is 2.26. The van der Waals surface area contributed by atoms with Crippen LogP contribution in [0, 0.1) is 13.8 Å². The van der Waals surface area contributed by atoms with Crippen molar-refractivity contribution in [1.29, 1.82) is 0 Å². The number of rotatable bonds is 5. The van der Waals surface area contributed by atoms with Crippen LogP contribution in [-0.2, 0) is 4.74 Å². The number of aromatic nitrogens is 4. The largest absolute Gasteiger partial charge is 0.462 e. The van der Waals surface area contributed by atoms with Gasteiger partial charge in [0, 0.05) is 35.2 Å². The lowest BCUT2D eigenvalue weighted by Gasteiger charge is -2.13. The molecule has 6 rings (SSSR count). The Kier molecular flexibility index (Phi) is 5.40. The molecule has 0 atom stereocenters. The highest BCUT2D eigenvalue weighted by atomic mass is 16.5. The topological polar surface area (TPSA) is 98.0 Å². The van der Waals surface area contributed by atoms with E-state index in [0.29, 0.717) is 18.4 Å². The van der Waals surface area contributed by atoms with Gasteiger partial charge < -0.3 is 24.5 Å². The Morgan fingerprint density at radius 3 is 2.62 bits per heavy atom. The summed E-state index contributed by atoms with van der Waals surface area (Å²) in [5, 5.41) is 7.57. The summed E-state index contributed by atoms with van der Waals surface area (Å²) in [6.45, 7) is 8.61. The first-order chi connectivity index (χ1) is 17.8. The van der Waals surface area contributed by atoms with Gasteiger partial charge in [-0.15, -0.1) is 0 Å². The third kappa shape index (κ3) is 4.75. The molecule has 0 saturated heterocycles. The molecule has 37 heavy (non-hydrogen) atoms. The van der Waals surface area contributed by atoms with Gasteiger partial charge in [0.2, 0.25) is 0 Å². The van der Waals surface area contributed by atoms with Crippen LogP contribution < -0.4 is 15.4 Å². The monoisotopic (exact) mass is 493 g/mol. The van der Waals surface area contributed by atoms with E-state index in [2.05, 4.69) is 30.6 Å². The van der Waals surface area contributed by atoms with Gasteiger partial charge in [-0.05, 0) is 75.7 Å². The normalized spacial score (nSPS) is 14.4. The molecule has 3 aromatic heterocycles. The van der Waals surface area contributed by atoms with Crippen LogP contribution in [0.15, 0.2) is 72.2 Å². The van der Waals surface area contributed by atoms with Crippen molar-refractivity contribution < 1.29 is 9.47 Å². The number of hydrogen-bond donors (Lipinski definition) is 2. The summed E-state index contributed by atoms with van der Waals surface area (Å²) in [5.74, 6) is 2.22. The van der Waals surface area contributed by atoms with Crippen LogP contribution in [0.3, 0.4) is 0 Å². The van der Waals surface area contributed by atoms with Crippen molar-refractivity contribution in [2.24, 2.45) is 4.99 Å². The summed E-state index contributed by atoms with van der Waals surface area (Å²) in [6.07, 6.45) is 5.49. The highest BCUT2D eigenvalue weighted by Crippen LogP contribution is 2.31. The number of aliphatic imine (C=N–C) groups is 1. The van der Waals surface area contributed by atoms with Gasteiger partial charge >= 0.3 is 0 Å². The molecule has 0 saturated carbocycles. The van der Waals surface area contributed by atoms with Crippen molar-refractivity contribution in [2.75, 3.05) is 17.2 Å². The molecule has 9 nitrogen and oxygen atoms in total. The number of aryl methyl sites for hydroxylation is 2. The second-order valence-electron chi connectivity index (χ2n) is 9.81. The predicted octanol–water partition coefficient (Wildman–Crippen LogP) is 6.01. The van der Waals surface area contributed by atoms with Gasteiger partial charge in [-0.2, -0.15) is 0 Å². The van der Waals surface area contributed by atoms with Gasteiger partial charge in [-0.25, -0.2) is 19.9 Å². The zero-order chi connectivity index (χ0) is 25.6. The minimum Gasteiger partial charge on any atom is -0.462 e. The van der Waals surface area contributed by atoms with Crippen molar-refractivity contribution in [2.45, 2.75) is 33.2 Å². The SMILES string of the molecule is Cc1cn2ccc(Oc3ccc(Nc4ncnc5ccc(NC6=NC(C)(C)CO6)cc45)cc3C)cc2n1. The van der Waals surface area contributed by atoms with Gasteiger partial charge in [0.1, 0.15) is 35.9 Å². The molecule has 0 aliphatic carbocycles. The predicted molar refractivity (Wildman–Crippen MR) is 145 cm³/mol. The molecule has 0 unspecified atom stereocenters. The third-order valence-electron chi connectivity index (χ3n) is 6.07. The van der Waals surface area contributed by atoms with Gasteiger partial charge in [0.05, 0.1) is 16.7 Å². The molecule has 0 fully saturated rings. The molecule has 2 aromatic carbocycles. The number of nitrogens with one attached hydrogen (secondary N) is 2. The molecule has 186 valence electrons. The molecular formula is C28H27N7O2. The molecule has 1 aliphatic rings. The van der Waals surface area contributed by atoms with E-state index in [-0.39, 0.29) is 5.54 Å². The molecule has 9 heteroatoms. The Balaban J connectivity index is 1.23. The Bertz CT molecular complexity index is 1670. The quantitative estimate of drug-likeness (QED) is 0.309. The third-order valence-corrected chi connectivity index (χ3v) is 6.07.